The van der Waals surface area contributed by atoms with Gasteiger partial charge in [-0.25, -0.2) is 4.79 Å². The second-order valence-corrected chi connectivity index (χ2v) is 5.84. The molecule has 5 heteroatoms. The van der Waals surface area contributed by atoms with Crippen LogP contribution in [0.25, 0.3) is 0 Å². The van der Waals surface area contributed by atoms with Crippen LogP contribution in [0.2, 0.25) is 0 Å². The molecule has 0 saturated heterocycles. The van der Waals surface area contributed by atoms with E-state index in [1.807, 2.05) is 6.07 Å². The molecule has 1 aromatic carbocycles. The van der Waals surface area contributed by atoms with Gasteiger partial charge in [0, 0.05) is 17.3 Å². The molecule has 5 nitrogen and oxygen atoms in total. The number of hydrogen-bond donors (Lipinski definition) is 3. The van der Waals surface area contributed by atoms with E-state index < -0.39 is 6.03 Å². The number of fused-ring (bicyclic) bond motifs is 2. The Morgan fingerprint density at radius 3 is 2.45 bits per heavy atom. The average Bonchev–Trinajstić information content (AvgIpc) is 3.00. The number of carbonyl (C=O) groups is 2. The minimum atomic E-state index is -0.610. The molecule has 0 radical (unpaired) electrons. The van der Waals surface area contributed by atoms with E-state index in [1.54, 1.807) is 18.2 Å². The van der Waals surface area contributed by atoms with Crippen molar-refractivity contribution in [2.45, 2.75) is 25.7 Å². The maximum Gasteiger partial charge on any atom is 0.316 e. The third-order valence-electron chi connectivity index (χ3n) is 4.47. The van der Waals surface area contributed by atoms with Gasteiger partial charge in [-0.1, -0.05) is 12.5 Å². The van der Waals surface area contributed by atoms with Crippen LogP contribution in [-0.2, 0) is 4.79 Å². The smallest absolute Gasteiger partial charge is 0.316 e. The van der Waals surface area contributed by atoms with Gasteiger partial charge < -0.3 is 16.4 Å². The van der Waals surface area contributed by atoms with Crippen LogP contribution in [0.1, 0.15) is 25.7 Å². The molecule has 2 saturated carbocycles. The highest BCUT2D eigenvalue weighted by Crippen LogP contribution is 2.48. The third kappa shape index (κ3) is 2.61. The highest BCUT2D eigenvalue weighted by atomic mass is 16.2. The highest BCUT2D eigenvalue weighted by Gasteiger charge is 2.42. The van der Waals surface area contributed by atoms with Crippen LogP contribution in [0.5, 0.6) is 0 Å². The number of amides is 3. The first-order valence-corrected chi connectivity index (χ1v) is 7.09. The number of nitrogens with one attached hydrogen (secondary N) is 2. The van der Waals surface area contributed by atoms with Crippen molar-refractivity contribution in [3.8, 4) is 0 Å². The summed E-state index contributed by atoms with van der Waals surface area (Å²) in [6.45, 7) is 0. The van der Waals surface area contributed by atoms with E-state index in [-0.39, 0.29) is 11.8 Å². The first-order chi connectivity index (χ1) is 9.61. The van der Waals surface area contributed by atoms with E-state index in [2.05, 4.69) is 10.6 Å². The van der Waals surface area contributed by atoms with Gasteiger partial charge in [-0.15, -0.1) is 0 Å². The lowest BCUT2D eigenvalue weighted by molar-refractivity contribution is -0.121. The number of hydrogen-bond acceptors (Lipinski definition) is 2. The standard InChI is InChI=1S/C15H19N3O2/c16-15(20)18-12-3-1-2-11(8-12)17-14(19)13-7-9-4-5-10(13)6-9/h1-3,8-10,13H,4-7H2,(H,17,19)(H3,16,18,20). The van der Waals surface area contributed by atoms with Crippen LogP contribution in [0, 0.1) is 17.8 Å². The molecule has 2 aliphatic carbocycles. The zero-order valence-corrected chi connectivity index (χ0v) is 11.3. The van der Waals surface area contributed by atoms with Crippen molar-refractivity contribution in [2.24, 2.45) is 23.5 Å². The summed E-state index contributed by atoms with van der Waals surface area (Å²) in [7, 11) is 0. The fourth-order valence-corrected chi connectivity index (χ4v) is 3.62. The summed E-state index contributed by atoms with van der Waals surface area (Å²) in [5, 5.41) is 5.45. The molecule has 0 aliphatic heterocycles. The molecule has 3 atom stereocenters. The molecule has 0 aromatic heterocycles. The zero-order valence-electron chi connectivity index (χ0n) is 11.3. The number of nitrogens with two attached hydrogens (primary N) is 1. The SMILES string of the molecule is NC(=O)Nc1cccc(NC(=O)C2CC3CCC2C3)c1. The predicted molar refractivity (Wildman–Crippen MR) is 77.2 cm³/mol. The van der Waals surface area contributed by atoms with Crippen LogP contribution in [0.4, 0.5) is 16.2 Å². The lowest BCUT2D eigenvalue weighted by atomic mass is 9.88. The Bertz CT molecular complexity index is 544. The second-order valence-electron chi connectivity index (χ2n) is 5.84. The molecular weight excluding hydrogens is 254 g/mol. The van der Waals surface area contributed by atoms with E-state index in [4.69, 9.17) is 5.73 Å². The number of primary amides is 1. The van der Waals surface area contributed by atoms with Crippen LogP contribution >= 0.6 is 0 Å². The molecule has 1 aromatic rings. The molecule has 2 bridgehead atoms. The second kappa shape index (κ2) is 5.15. The molecule has 0 heterocycles. The van der Waals surface area contributed by atoms with Gasteiger partial charge in [0.2, 0.25) is 5.91 Å². The van der Waals surface area contributed by atoms with Crippen molar-refractivity contribution in [1.29, 1.82) is 0 Å². The van der Waals surface area contributed by atoms with E-state index in [1.165, 1.54) is 19.3 Å². The minimum absolute atomic E-state index is 0.105. The molecule has 0 spiro atoms. The molecule has 4 N–H and O–H groups in total. The van der Waals surface area contributed by atoms with Crippen molar-refractivity contribution in [3.63, 3.8) is 0 Å². The summed E-state index contributed by atoms with van der Waals surface area (Å²) in [6.07, 6.45) is 4.70. The van der Waals surface area contributed by atoms with Gasteiger partial charge in [0.25, 0.3) is 0 Å². The first kappa shape index (κ1) is 13.0. The van der Waals surface area contributed by atoms with E-state index in [9.17, 15) is 9.59 Å². The van der Waals surface area contributed by atoms with Crippen LogP contribution < -0.4 is 16.4 Å². The minimum Gasteiger partial charge on any atom is -0.351 e. The molecule has 2 aliphatic rings. The number of anilines is 2. The Kier molecular flexibility index (Phi) is 3.34. The van der Waals surface area contributed by atoms with Gasteiger partial charge in [0.15, 0.2) is 0 Å². The number of urea groups is 1. The van der Waals surface area contributed by atoms with E-state index in [0.717, 1.165) is 12.3 Å². The Morgan fingerprint density at radius 2 is 1.85 bits per heavy atom. The van der Waals surface area contributed by atoms with Gasteiger partial charge in [0.1, 0.15) is 0 Å². The fraction of sp³-hybridized carbons (Fsp3) is 0.467. The summed E-state index contributed by atoms with van der Waals surface area (Å²) in [4.78, 5) is 23.1. The molecule has 3 unspecified atom stereocenters. The van der Waals surface area contributed by atoms with Gasteiger partial charge in [0.05, 0.1) is 0 Å². The number of benzene rings is 1. The normalized spacial score (nSPS) is 27.3. The molecular formula is C15H19N3O2. The largest absolute Gasteiger partial charge is 0.351 e. The Hall–Kier alpha value is -2.04. The molecule has 2 fully saturated rings. The van der Waals surface area contributed by atoms with Gasteiger partial charge in [-0.3, -0.25) is 4.79 Å². The first-order valence-electron chi connectivity index (χ1n) is 7.09. The summed E-state index contributed by atoms with van der Waals surface area (Å²) in [5.74, 6) is 1.57. The predicted octanol–water partition coefficient (Wildman–Crippen LogP) is 2.55. The van der Waals surface area contributed by atoms with Gasteiger partial charge in [-0.05, 0) is 49.3 Å². The quantitative estimate of drug-likeness (QED) is 0.790. The number of rotatable bonds is 3. The zero-order chi connectivity index (χ0) is 14.1. The van der Waals surface area contributed by atoms with Crippen LogP contribution in [0.15, 0.2) is 24.3 Å². The van der Waals surface area contributed by atoms with Crippen LogP contribution in [-0.4, -0.2) is 11.9 Å². The van der Waals surface area contributed by atoms with Gasteiger partial charge in [-0.2, -0.15) is 0 Å². The van der Waals surface area contributed by atoms with Crippen molar-refractivity contribution >= 4 is 23.3 Å². The van der Waals surface area contributed by atoms with Crippen molar-refractivity contribution in [1.82, 2.24) is 0 Å². The van der Waals surface area contributed by atoms with Gasteiger partial charge >= 0.3 is 6.03 Å². The molecule has 20 heavy (non-hydrogen) atoms. The summed E-state index contributed by atoms with van der Waals surface area (Å²) in [5.41, 5.74) is 6.36. The lowest BCUT2D eigenvalue weighted by Crippen LogP contribution is -2.27. The third-order valence-corrected chi connectivity index (χ3v) is 4.47. The maximum atomic E-state index is 12.3. The number of carbonyl (C=O) groups excluding carboxylic acids is 2. The fourth-order valence-electron chi connectivity index (χ4n) is 3.62. The Balaban J connectivity index is 1.65. The Morgan fingerprint density at radius 1 is 1.10 bits per heavy atom. The van der Waals surface area contributed by atoms with E-state index >= 15 is 0 Å². The molecule has 3 rings (SSSR count). The maximum absolute atomic E-state index is 12.3. The summed E-state index contributed by atoms with van der Waals surface area (Å²) in [6, 6.07) is 6.44. The van der Waals surface area contributed by atoms with Crippen molar-refractivity contribution < 1.29 is 9.59 Å². The summed E-state index contributed by atoms with van der Waals surface area (Å²) >= 11 is 0. The van der Waals surface area contributed by atoms with E-state index in [0.29, 0.717) is 17.3 Å². The average molecular weight is 273 g/mol. The van der Waals surface area contributed by atoms with Crippen molar-refractivity contribution in [3.05, 3.63) is 24.3 Å². The highest BCUT2D eigenvalue weighted by molar-refractivity contribution is 5.94. The van der Waals surface area contributed by atoms with Crippen molar-refractivity contribution in [2.75, 3.05) is 10.6 Å². The topological polar surface area (TPSA) is 84.2 Å². The lowest BCUT2D eigenvalue weighted by Gasteiger charge is -2.20. The van der Waals surface area contributed by atoms with Crippen LogP contribution in [0.3, 0.4) is 0 Å². The monoisotopic (exact) mass is 273 g/mol. The molecule has 106 valence electrons. The molecule has 3 amide bonds. The summed E-state index contributed by atoms with van der Waals surface area (Å²) < 4.78 is 0. The Labute approximate surface area is 117 Å².